The van der Waals surface area contributed by atoms with Gasteiger partial charge >= 0.3 is 0 Å². The number of carbonyl (C=O) groups excluding carboxylic acids is 1. The monoisotopic (exact) mass is 339 g/mol. The van der Waals surface area contributed by atoms with Crippen molar-refractivity contribution in [3.63, 3.8) is 0 Å². The zero-order valence-corrected chi connectivity index (χ0v) is 14.4. The fourth-order valence-corrected chi connectivity index (χ4v) is 1.36. The molecule has 0 rings (SSSR count). The molecule has 0 aromatic heterocycles. The Kier molecular flexibility index (Phi) is 14.0. The summed E-state index contributed by atoms with van der Waals surface area (Å²) in [5, 5.41) is 11.2. The van der Waals surface area contributed by atoms with Crippen LogP contribution in [0.4, 0.5) is 0 Å². The van der Waals surface area contributed by atoms with E-state index in [1.54, 1.807) is 13.8 Å². The molecule has 0 aromatic carbocycles. The van der Waals surface area contributed by atoms with E-state index >= 15 is 0 Å². The highest BCUT2D eigenvalue weighted by Crippen LogP contribution is 2.10. The summed E-state index contributed by atoms with van der Waals surface area (Å²) in [6.07, 6.45) is 0. The van der Waals surface area contributed by atoms with Crippen molar-refractivity contribution in [3.8, 4) is 0 Å². The largest absolute Gasteiger partial charge is 0.394 e. The van der Waals surface area contributed by atoms with Gasteiger partial charge in [-0.1, -0.05) is 0 Å². The van der Waals surface area contributed by atoms with Gasteiger partial charge in [-0.15, -0.1) is 0 Å². The third-order valence-corrected chi connectivity index (χ3v) is 2.64. The van der Waals surface area contributed by atoms with Gasteiger partial charge in [-0.25, -0.2) is 0 Å². The van der Waals surface area contributed by atoms with Gasteiger partial charge in [0.05, 0.1) is 64.2 Å². The fraction of sp³-hybridized carbons (Fsp3) is 0.929. The molecule has 0 atom stereocenters. The van der Waals surface area contributed by atoms with Crippen LogP contribution in [0.3, 0.4) is 0 Å². The third-order valence-electron chi connectivity index (χ3n) is 2.44. The van der Waals surface area contributed by atoms with E-state index < -0.39 is 4.75 Å². The summed E-state index contributed by atoms with van der Waals surface area (Å²) in [5.74, 6) is -0.115. The van der Waals surface area contributed by atoms with Gasteiger partial charge in [0.2, 0.25) is 5.91 Å². The minimum Gasteiger partial charge on any atom is -0.394 e. The number of amides is 1. The van der Waals surface area contributed by atoms with Crippen molar-refractivity contribution in [1.82, 2.24) is 5.32 Å². The minimum absolute atomic E-state index is 0.0270. The van der Waals surface area contributed by atoms with Crippen LogP contribution in [-0.2, 0) is 23.7 Å². The molecule has 0 fully saturated rings. The van der Waals surface area contributed by atoms with E-state index in [1.807, 2.05) is 0 Å². The number of aliphatic hydroxyl groups is 1. The first kappa shape index (κ1) is 21.6. The Morgan fingerprint density at radius 1 is 0.909 bits per heavy atom. The van der Waals surface area contributed by atoms with Gasteiger partial charge in [-0.2, -0.15) is 12.6 Å². The van der Waals surface area contributed by atoms with E-state index in [1.165, 1.54) is 0 Å². The minimum atomic E-state index is -0.674. The molecule has 0 saturated heterocycles. The van der Waals surface area contributed by atoms with Gasteiger partial charge in [0, 0.05) is 6.54 Å². The maximum atomic E-state index is 11.5. The van der Waals surface area contributed by atoms with E-state index in [9.17, 15) is 4.79 Å². The van der Waals surface area contributed by atoms with Crippen LogP contribution >= 0.6 is 12.6 Å². The molecular weight excluding hydrogens is 310 g/mol. The van der Waals surface area contributed by atoms with E-state index in [4.69, 9.17) is 24.1 Å². The van der Waals surface area contributed by atoms with Crippen molar-refractivity contribution in [3.05, 3.63) is 0 Å². The summed E-state index contributed by atoms with van der Waals surface area (Å²) in [4.78, 5) is 11.5. The Morgan fingerprint density at radius 3 is 1.73 bits per heavy atom. The second-order valence-corrected chi connectivity index (χ2v) is 6.11. The molecular formula is C14H29NO6S. The lowest BCUT2D eigenvalue weighted by Crippen LogP contribution is -2.39. The Bertz CT molecular complexity index is 273. The fourth-order valence-electron chi connectivity index (χ4n) is 1.28. The van der Waals surface area contributed by atoms with Gasteiger partial charge in [-0.05, 0) is 13.8 Å². The second-order valence-electron chi connectivity index (χ2n) is 4.99. The van der Waals surface area contributed by atoms with Crippen LogP contribution in [-0.4, -0.2) is 81.8 Å². The SMILES string of the molecule is CC(C)(S)C(=O)NCCOCCOCCOCCOCCO. The van der Waals surface area contributed by atoms with Crippen molar-refractivity contribution in [1.29, 1.82) is 0 Å². The number of hydrogen-bond acceptors (Lipinski definition) is 7. The first-order valence-electron chi connectivity index (χ1n) is 7.41. The molecule has 0 heterocycles. The molecule has 7 nitrogen and oxygen atoms in total. The third kappa shape index (κ3) is 14.6. The van der Waals surface area contributed by atoms with Crippen molar-refractivity contribution in [2.75, 3.05) is 66.0 Å². The lowest BCUT2D eigenvalue weighted by Gasteiger charge is -2.16. The maximum absolute atomic E-state index is 11.5. The average Bonchev–Trinajstić information content (AvgIpc) is 2.46. The zero-order chi connectivity index (χ0) is 16.7. The first-order valence-corrected chi connectivity index (χ1v) is 7.85. The van der Waals surface area contributed by atoms with Crippen LogP contribution in [0.15, 0.2) is 0 Å². The number of aliphatic hydroxyl groups excluding tert-OH is 1. The lowest BCUT2D eigenvalue weighted by atomic mass is 10.2. The molecule has 0 aliphatic rings. The molecule has 0 unspecified atom stereocenters. The summed E-state index contributed by atoms with van der Waals surface area (Å²) in [6, 6.07) is 0. The lowest BCUT2D eigenvalue weighted by molar-refractivity contribution is -0.122. The second kappa shape index (κ2) is 14.2. The molecule has 0 aliphatic heterocycles. The molecule has 0 bridgehead atoms. The molecule has 132 valence electrons. The van der Waals surface area contributed by atoms with Crippen LogP contribution in [0.2, 0.25) is 0 Å². The maximum Gasteiger partial charge on any atom is 0.235 e. The summed E-state index contributed by atoms with van der Waals surface area (Å²) >= 11 is 4.17. The number of ether oxygens (including phenoxy) is 4. The molecule has 2 N–H and O–H groups in total. The highest BCUT2D eigenvalue weighted by atomic mass is 32.1. The van der Waals surface area contributed by atoms with E-state index in [2.05, 4.69) is 17.9 Å². The van der Waals surface area contributed by atoms with Gasteiger partial charge in [0.1, 0.15) is 0 Å². The normalized spacial score (nSPS) is 11.6. The van der Waals surface area contributed by atoms with Crippen molar-refractivity contribution < 1.29 is 28.8 Å². The number of hydrogen-bond donors (Lipinski definition) is 3. The Hall–Kier alpha value is -0.380. The smallest absolute Gasteiger partial charge is 0.235 e. The topological polar surface area (TPSA) is 86.3 Å². The van der Waals surface area contributed by atoms with Crippen LogP contribution in [0.5, 0.6) is 0 Å². The summed E-state index contributed by atoms with van der Waals surface area (Å²) < 4.78 is 20.2. The number of thiol groups is 1. The van der Waals surface area contributed by atoms with Gasteiger partial charge in [-0.3, -0.25) is 4.79 Å². The zero-order valence-electron chi connectivity index (χ0n) is 13.5. The standard InChI is InChI=1S/C14H29NO6S/c1-14(2,22)13(17)15-3-5-18-7-9-20-11-12-21-10-8-19-6-4-16/h16,22H,3-12H2,1-2H3,(H,15,17). The molecule has 22 heavy (non-hydrogen) atoms. The van der Waals surface area contributed by atoms with Crippen LogP contribution in [0.25, 0.3) is 0 Å². The number of nitrogens with one attached hydrogen (secondary N) is 1. The number of carbonyl (C=O) groups is 1. The van der Waals surface area contributed by atoms with Crippen LogP contribution in [0.1, 0.15) is 13.8 Å². The molecule has 0 spiro atoms. The molecule has 8 heteroatoms. The van der Waals surface area contributed by atoms with Gasteiger partial charge in [0.25, 0.3) is 0 Å². The van der Waals surface area contributed by atoms with Crippen LogP contribution in [0, 0.1) is 0 Å². The summed E-state index contributed by atoms with van der Waals surface area (Å²) in [6.45, 7) is 7.64. The Labute approximate surface area is 138 Å². The van der Waals surface area contributed by atoms with Crippen molar-refractivity contribution in [2.24, 2.45) is 0 Å². The Balaban J connectivity index is 3.13. The summed E-state index contributed by atoms with van der Waals surface area (Å²) in [5.41, 5.74) is 0. The van der Waals surface area contributed by atoms with Crippen molar-refractivity contribution >= 4 is 18.5 Å². The van der Waals surface area contributed by atoms with E-state index in [-0.39, 0.29) is 12.5 Å². The Morgan fingerprint density at radius 2 is 1.32 bits per heavy atom. The van der Waals surface area contributed by atoms with Crippen molar-refractivity contribution in [2.45, 2.75) is 18.6 Å². The number of rotatable bonds is 15. The predicted molar refractivity (Wildman–Crippen MR) is 86.4 cm³/mol. The first-order chi connectivity index (χ1) is 10.5. The molecule has 1 amide bonds. The highest BCUT2D eigenvalue weighted by Gasteiger charge is 2.21. The molecule has 0 aliphatic carbocycles. The highest BCUT2D eigenvalue weighted by molar-refractivity contribution is 7.82. The quantitative estimate of drug-likeness (QED) is 0.285. The van der Waals surface area contributed by atoms with Gasteiger partial charge in [0.15, 0.2) is 0 Å². The summed E-state index contributed by atoms with van der Waals surface area (Å²) in [7, 11) is 0. The molecule has 0 aromatic rings. The van der Waals surface area contributed by atoms with Crippen LogP contribution < -0.4 is 5.32 Å². The average molecular weight is 339 g/mol. The molecule has 0 saturated carbocycles. The molecule has 0 radical (unpaired) electrons. The predicted octanol–water partition coefficient (Wildman–Crippen LogP) is -0.130. The van der Waals surface area contributed by atoms with E-state index in [0.29, 0.717) is 59.4 Å². The van der Waals surface area contributed by atoms with E-state index in [0.717, 1.165) is 0 Å². The van der Waals surface area contributed by atoms with Gasteiger partial charge < -0.3 is 29.4 Å².